The molecule has 0 aromatic carbocycles. The molecule has 0 fully saturated rings. The average Bonchev–Trinajstić information content (AvgIpc) is 3.16. The van der Waals surface area contributed by atoms with Gasteiger partial charge in [-0.3, -0.25) is 4.79 Å². The smallest absolute Gasteiger partial charge is 0.216 e. The Bertz CT molecular complexity index is 1080. The number of nitrogens with one attached hydrogen (secondary N) is 2. The lowest BCUT2D eigenvalue weighted by molar-refractivity contribution is -0.118. The van der Waals surface area contributed by atoms with Crippen molar-refractivity contribution in [2.24, 2.45) is 0 Å². The monoisotopic (exact) mass is 338 g/mol. The van der Waals surface area contributed by atoms with Crippen LogP contribution in [-0.4, -0.2) is 37.0 Å². The van der Waals surface area contributed by atoms with Crippen LogP contribution in [0.3, 0.4) is 0 Å². The number of aromatic amines is 1. The average molecular weight is 338 g/mol. The summed E-state index contributed by atoms with van der Waals surface area (Å²) in [7, 11) is 0. The number of hydrogen-bond acceptors (Lipinski definition) is 4. The van der Waals surface area contributed by atoms with Crippen LogP contribution in [0.25, 0.3) is 33.2 Å². The summed E-state index contributed by atoms with van der Waals surface area (Å²) in [4.78, 5) is 26.7. The van der Waals surface area contributed by atoms with Gasteiger partial charge in [-0.2, -0.15) is 0 Å². The zero-order chi connectivity index (χ0) is 17.4. The van der Waals surface area contributed by atoms with E-state index in [1.807, 2.05) is 10.8 Å². The van der Waals surface area contributed by atoms with Crippen molar-refractivity contribution in [3.05, 3.63) is 43.0 Å². The molecule has 25 heavy (non-hydrogen) atoms. The maximum Gasteiger partial charge on any atom is 0.216 e. The largest absolute Gasteiger partial charge is 0.355 e. The third-order valence-electron chi connectivity index (χ3n) is 4.05. The number of aromatic nitrogens is 5. The van der Waals surface area contributed by atoms with Crippen LogP contribution >= 0.6 is 0 Å². The Labute approximate surface area is 141 Å². The van der Waals surface area contributed by atoms with Gasteiger partial charge in [-0.05, 0) is 6.07 Å². The van der Waals surface area contributed by atoms with Crippen molar-refractivity contribution in [2.45, 2.75) is 13.5 Å². The van der Waals surface area contributed by atoms with Crippen LogP contribution in [-0.2, 0) is 11.3 Å². The van der Waals surface area contributed by atoms with E-state index in [1.54, 1.807) is 12.4 Å². The number of halogens is 1. The molecule has 4 aromatic heterocycles. The highest BCUT2D eigenvalue weighted by Crippen LogP contribution is 2.33. The lowest BCUT2D eigenvalue weighted by Gasteiger charge is -2.04. The van der Waals surface area contributed by atoms with Gasteiger partial charge in [-0.15, -0.1) is 0 Å². The second-order valence-electron chi connectivity index (χ2n) is 5.73. The topological polar surface area (TPSA) is 88.5 Å². The van der Waals surface area contributed by atoms with Crippen LogP contribution in [0.1, 0.15) is 6.92 Å². The molecule has 126 valence electrons. The van der Waals surface area contributed by atoms with E-state index < -0.39 is 0 Å². The summed E-state index contributed by atoms with van der Waals surface area (Å²) in [5.74, 6) is -0.469. The minimum Gasteiger partial charge on any atom is -0.355 e. The standard InChI is InChI=1S/C17H15FN6O/c1-10(25)20-2-3-24-8-15(14-6-19-9-23-17(14)24)13-7-22-16-12(13)4-11(18)5-21-16/h4-9H,2-3H2,1H3,(H,20,25)(H,21,22). The number of pyridine rings is 1. The van der Waals surface area contributed by atoms with E-state index in [9.17, 15) is 9.18 Å². The quantitative estimate of drug-likeness (QED) is 0.597. The Kier molecular flexibility index (Phi) is 3.64. The molecule has 7 nitrogen and oxygen atoms in total. The zero-order valence-corrected chi connectivity index (χ0v) is 13.5. The van der Waals surface area contributed by atoms with Gasteiger partial charge in [-0.25, -0.2) is 19.3 Å². The van der Waals surface area contributed by atoms with Crippen molar-refractivity contribution < 1.29 is 9.18 Å². The van der Waals surface area contributed by atoms with Gasteiger partial charge in [0.25, 0.3) is 0 Å². The number of rotatable bonds is 4. The minimum absolute atomic E-state index is 0.0792. The summed E-state index contributed by atoms with van der Waals surface area (Å²) in [6.07, 6.45) is 8.14. The van der Waals surface area contributed by atoms with E-state index in [1.165, 1.54) is 25.5 Å². The van der Waals surface area contributed by atoms with Crippen molar-refractivity contribution in [1.82, 2.24) is 29.8 Å². The molecule has 0 atom stereocenters. The Morgan fingerprint density at radius 2 is 2.16 bits per heavy atom. The van der Waals surface area contributed by atoms with Crippen molar-refractivity contribution in [3.63, 3.8) is 0 Å². The minimum atomic E-state index is -0.390. The molecule has 0 radical (unpaired) electrons. The molecule has 4 aromatic rings. The molecule has 0 aliphatic heterocycles. The van der Waals surface area contributed by atoms with E-state index in [0.29, 0.717) is 24.1 Å². The Balaban J connectivity index is 1.84. The van der Waals surface area contributed by atoms with Gasteiger partial charge in [0.05, 0.1) is 6.20 Å². The fourth-order valence-electron chi connectivity index (χ4n) is 2.97. The summed E-state index contributed by atoms with van der Waals surface area (Å²) >= 11 is 0. The number of amides is 1. The molecule has 4 heterocycles. The van der Waals surface area contributed by atoms with Crippen LogP contribution in [0.4, 0.5) is 4.39 Å². The van der Waals surface area contributed by atoms with Crippen LogP contribution in [0.15, 0.2) is 37.2 Å². The molecule has 0 aliphatic carbocycles. The third-order valence-corrected chi connectivity index (χ3v) is 4.05. The van der Waals surface area contributed by atoms with E-state index in [4.69, 9.17) is 0 Å². The number of fused-ring (bicyclic) bond motifs is 2. The van der Waals surface area contributed by atoms with Gasteiger partial charge >= 0.3 is 0 Å². The second-order valence-corrected chi connectivity index (χ2v) is 5.73. The molecule has 0 spiro atoms. The summed E-state index contributed by atoms with van der Waals surface area (Å²) in [6, 6.07) is 1.46. The molecule has 0 aliphatic rings. The van der Waals surface area contributed by atoms with Gasteiger partial charge in [0.1, 0.15) is 23.4 Å². The van der Waals surface area contributed by atoms with E-state index >= 15 is 0 Å². The van der Waals surface area contributed by atoms with Crippen LogP contribution in [0.5, 0.6) is 0 Å². The van der Waals surface area contributed by atoms with Crippen molar-refractivity contribution >= 4 is 28.0 Å². The third kappa shape index (κ3) is 2.71. The number of H-pyrrole nitrogens is 1. The molecule has 4 rings (SSSR count). The van der Waals surface area contributed by atoms with Gasteiger partial charge in [0, 0.05) is 60.5 Å². The summed E-state index contributed by atoms with van der Waals surface area (Å²) in [6.45, 7) is 2.55. The first kappa shape index (κ1) is 15.3. The molecular weight excluding hydrogens is 323 g/mol. The highest BCUT2D eigenvalue weighted by Gasteiger charge is 2.15. The van der Waals surface area contributed by atoms with E-state index in [0.717, 1.165) is 22.2 Å². The van der Waals surface area contributed by atoms with Crippen molar-refractivity contribution in [3.8, 4) is 11.1 Å². The number of nitrogens with zero attached hydrogens (tertiary/aromatic N) is 4. The zero-order valence-electron chi connectivity index (χ0n) is 13.5. The first-order chi connectivity index (χ1) is 12.1. The van der Waals surface area contributed by atoms with Gasteiger partial charge < -0.3 is 14.9 Å². The summed E-state index contributed by atoms with van der Waals surface area (Å²) in [5.41, 5.74) is 3.10. The van der Waals surface area contributed by atoms with Crippen LogP contribution in [0.2, 0.25) is 0 Å². The summed E-state index contributed by atoms with van der Waals surface area (Å²) < 4.78 is 15.6. The lowest BCUT2D eigenvalue weighted by Crippen LogP contribution is -2.24. The van der Waals surface area contributed by atoms with Gasteiger partial charge in [0.2, 0.25) is 5.91 Å². The highest BCUT2D eigenvalue weighted by molar-refractivity contribution is 6.02. The molecule has 0 saturated heterocycles. The predicted octanol–water partition coefficient (Wildman–Crippen LogP) is 2.25. The molecule has 0 unspecified atom stereocenters. The van der Waals surface area contributed by atoms with E-state index in [-0.39, 0.29) is 11.7 Å². The Hall–Kier alpha value is -3.29. The van der Waals surface area contributed by atoms with Crippen LogP contribution < -0.4 is 5.32 Å². The van der Waals surface area contributed by atoms with Gasteiger partial charge in [0.15, 0.2) is 0 Å². The fourth-order valence-corrected chi connectivity index (χ4v) is 2.97. The highest BCUT2D eigenvalue weighted by atomic mass is 19.1. The predicted molar refractivity (Wildman–Crippen MR) is 91.3 cm³/mol. The van der Waals surface area contributed by atoms with Crippen molar-refractivity contribution in [1.29, 1.82) is 0 Å². The molecule has 0 saturated carbocycles. The maximum absolute atomic E-state index is 13.6. The maximum atomic E-state index is 13.6. The SMILES string of the molecule is CC(=O)NCCn1cc(-c2c[nH]c3ncc(F)cc23)c2cncnc21. The first-order valence-electron chi connectivity index (χ1n) is 7.80. The Morgan fingerprint density at radius 3 is 3.00 bits per heavy atom. The molecule has 0 bridgehead atoms. The molecule has 2 N–H and O–H groups in total. The van der Waals surface area contributed by atoms with E-state index in [2.05, 4.69) is 25.3 Å². The lowest BCUT2D eigenvalue weighted by atomic mass is 10.1. The molecular formula is C17H15FN6O. The number of carbonyl (C=O) groups excluding carboxylic acids is 1. The first-order valence-corrected chi connectivity index (χ1v) is 7.80. The molecule has 1 amide bonds. The van der Waals surface area contributed by atoms with Crippen molar-refractivity contribution in [2.75, 3.05) is 6.54 Å². The normalized spacial score (nSPS) is 11.3. The number of carbonyl (C=O) groups is 1. The van der Waals surface area contributed by atoms with Crippen LogP contribution in [0, 0.1) is 5.82 Å². The fraction of sp³-hybridized carbons (Fsp3) is 0.176. The number of hydrogen-bond donors (Lipinski definition) is 2. The Morgan fingerprint density at radius 1 is 1.28 bits per heavy atom. The molecule has 8 heteroatoms. The summed E-state index contributed by atoms with van der Waals surface area (Å²) in [5, 5.41) is 4.33. The second kappa shape index (κ2) is 5.97. The van der Waals surface area contributed by atoms with Gasteiger partial charge in [-0.1, -0.05) is 0 Å².